The number of carbonyl (C=O) groups is 1. The number of carboxylic acids is 1. The molecule has 0 aliphatic carbocycles. The standard InChI is InChI=1S/C12H14O4/c1-4-5-8-6-9(12(13)14)7-10(15-2)11(8)16-3/h4-7H,1-3H3,(H,13,14). The van der Waals surface area contributed by atoms with Crippen LogP contribution in [0.5, 0.6) is 11.5 Å². The first-order valence-electron chi connectivity index (χ1n) is 4.76. The van der Waals surface area contributed by atoms with Gasteiger partial charge in [-0.1, -0.05) is 12.2 Å². The molecule has 0 radical (unpaired) electrons. The molecule has 1 N–H and O–H groups in total. The Labute approximate surface area is 94.1 Å². The summed E-state index contributed by atoms with van der Waals surface area (Å²) in [5.41, 5.74) is 0.854. The molecule has 0 heterocycles. The highest BCUT2D eigenvalue weighted by Gasteiger charge is 2.13. The van der Waals surface area contributed by atoms with Gasteiger partial charge in [0.1, 0.15) is 0 Å². The lowest BCUT2D eigenvalue weighted by atomic mass is 10.1. The highest BCUT2D eigenvalue weighted by Crippen LogP contribution is 2.33. The lowest BCUT2D eigenvalue weighted by Crippen LogP contribution is -2.00. The first-order chi connectivity index (χ1) is 7.63. The predicted molar refractivity (Wildman–Crippen MR) is 61.2 cm³/mol. The molecule has 86 valence electrons. The Hall–Kier alpha value is -1.97. The van der Waals surface area contributed by atoms with E-state index in [1.165, 1.54) is 20.3 Å². The van der Waals surface area contributed by atoms with Crippen molar-refractivity contribution in [1.82, 2.24) is 0 Å². The van der Waals surface area contributed by atoms with Crippen LogP contribution in [0.1, 0.15) is 22.8 Å². The highest BCUT2D eigenvalue weighted by atomic mass is 16.5. The van der Waals surface area contributed by atoms with Crippen LogP contribution in [-0.2, 0) is 0 Å². The topological polar surface area (TPSA) is 55.8 Å². The van der Waals surface area contributed by atoms with E-state index >= 15 is 0 Å². The van der Waals surface area contributed by atoms with Gasteiger partial charge in [0.25, 0.3) is 0 Å². The number of methoxy groups -OCH3 is 2. The minimum atomic E-state index is -0.994. The summed E-state index contributed by atoms with van der Waals surface area (Å²) in [4.78, 5) is 10.9. The highest BCUT2D eigenvalue weighted by molar-refractivity contribution is 5.90. The molecule has 0 saturated heterocycles. The van der Waals surface area contributed by atoms with Gasteiger partial charge in [-0.25, -0.2) is 4.79 Å². The SMILES string of the molecule is CC=Cc1cc(C(=O)O)cc(OC)c1OC. The monoisotopic (exact) mass is 222 g/mol. The smallest absolute Gasteiger partial charge is 0.335 e. The van der Waals surface area contributed by atoms with Crippen LogP contribution in [0.2, 0.25) is 0 Å². The Morgan fingerprint density at radius 3 is 2.44 bits per heavy atom. The van der Waals surface area contributed by atoms with Crippen LogP contribution in [0.4, 0.5) is 0 Å². The third kappa shape index (κ3) is 2.34. The number of allylic oxidation sites excluding steroid dienone is 1. The van der Waals surface area contributed by atoms with Crippen molar-refractivity contribution in [3.8, 4) is 11.5 Å². The summed E-state index contributed by atoms with van der Waals surface area (Å²) in [6.07, 6.45) is 3.58. The molecule has 0 bridgehead atoms. The first-order valence-corrected chi connectivity index (χ1v) is 4.76. The van der Waals surface area contributed by atoms with Crippen molar-refractivity contribution >= 4 is 12.0 Å². The molecule has 4 heteroatoms. The van der Waals surface area contributed by atoms with E-state index in [9.17, 15) is 4.79 Å². The summed E-state index contributed by atoms with van der Waals surface area (Å²) in [6, 6.07) is 2.98. The molecular weight excluding hydrogens is 208 g/mol. The van der Waals surface area contributed by atoms with Crippen molar-refractivity contribution in [1.29, 1.82) is 0 Å². The van der Waals surface area contributed by atoms with E-state index in [1.807, 2.05) is 13.0 Å². The van der Waals surface area contributed by atoms with Crippen LogP contribution < -0.4 is 9.47 Å². The summed E-state index contributed by atoms with van der Waals surface area (Å²) in [5.74, 6) is -0.0483. The van der Waals surface area contributed by atoms with Crippen LogP contribution in [0, 0.1) is 0 Å². The predicted octanol–water partition coefficient (Wildman–Crippen LogP) is 2.44. The fourth-order valence-corrected chi connectivity index (χ4v) is 1.42. The minimum absolute atomic E-state index is 0.172. The number of ether oxygens (including phenoxy) is 2. The molecule has 0 aliphatic heterocycles. The lowest BCUT2D eigenvalue weighted by Gasteiger charge is -2.11. The zero-order valence-corrected chi connectivity index (χ0v) is 9.48. The van der Waals surface area contributed by atoms with E-state index in [2.05, 4.69) is 0 Å². The Kier molecular flexibility index (Phi) is 3.94. The Morgan fingerprint density at radius 1 is 1.31 bits per heavy atom. The summed E-state index contributed by atoms with van der Waals surface area (Å²) in [6.45, 7) is 1.85. The van der Waals surface area contributed by atoms with Crippen molar-refractivity contribution in [3.05, 3.63) is 29.3 Å². The average molecular weight is 222 g/mol. The summed E-state index contributed by atoms with van der Waals surface area (Å²) >= 11 is 0. The van der Waals surface area contributed by atoms with E-state index in [-0.39, 0.29) is 5.56 Å². The largest absolute Gasteiger partial charge is 0.493 e. The molecule has 0 spiro atoms. The number of hydrogen-bond donors (Lipinski definition) is 1. The van der Waals surface area contributed by atoms with Gasteiger partial charge in [0.15, 0.2) is 11.5 Å². The van der Waals surface area contributed by atoms with Gasteiger partial charge >= 0.3 is 5.97 Å². The summed E-state index contributed by atoms with van der Waals surface area (Å²) in [5, 5.41) is 8.94. The van der Waals surface area contributed by atoms with E-state index in [0.29, 0.717) is 17.1 Å². The van der Waals surface area contributed by atoms with Gasteiger partial charge in [0, 0.05) is 5.56 Å². The zero-order valence-electron chi connectivity index (χ0n) is 9.48. The van der Waals surface area contributed by atoms with Crippen LogP contribution in [0.3, 0.4) is 0 Å². The van der Waals surface area contributed by atoms with Crippen LogP contribution >= 0.6 is 0 Å². The van der Waals surface area contributed by atoms with Crippen LogP contribution in [-0.4, -0.2) is 25.3 Å². The van der Waals surface area contributed by atoms with Crippen molar-refractivity contribution in [2.75, 3.05) is 14.2 Å². The second-order valence-corrected chi connectivity index (χ2v) is 3.11. The number of benzene rings is 1. The quantitative estimate of drug-likeness (QED) is 0.850. The Bertz CT molecular complexity index is 421. The second-order valence-electron chi connectivity index (χ2n) is 3.11. The van der Waals surface area contributed by atoms with E-state index in [1.54, 1.807) is 12.1 Å². The molecule has 0 atom stereocenters. The number of carboxylic acid groups (broad SMARTS) is 1. The van der Waals surface area contributed by atoms with E-state index < -0.39 is 5.97 Å². The van der Waals surface area contributed by atoms with Crippen molar-refractivity contribution in [3.63, 3.8) is 0 Å². The fraction of sp³-hybridized carbons (Fsp3) is 0.250. The van der Waals surface area contributed by atoms with Gasteiger partial charge in [-0.15, -0.1) is 0 Å². The molecule has 0 fully saturated rings. The lowest BCUT2D eigenvalue weighted by molar-refractivity contribution is 0.0696. The molecule has 1 aromatic carbocycles. The second kappa shape index (κ2) is 5.21. The number of rotatable bonds is 4. The third-order valence-corrected chi connectivity index (χ3v) is 2.10. The van der Waals surface area contributed by atoms with Gasteiger partial charge in [0.05, 0.1) is 19.8 Å². The molecule has 0 amide bonds. The summed E-state index contributed by atoms with van der Waals surface area (Å²) in [7, 11) is 2.99. The first kappa shape index (κ1) is 12.1. The van der Waals surface area contributed by atoms with Crippen LogP contribution in [0.25, 0.3) is 6.08 Å². The maximum absolute atomic E-state index is 10.9. The molecule has 1 aromatic rings. The van der Waals surface area contributed by atoms with E-state index in [0.717, 1.165) is 0 Å². The summed E-state index contributed by atoms with van der Waals surface area (Å²) < 4.78 is 10.3. The maximum atomic E-state index is 10.9. The Balaban J connectivity index is 3.42. The average Bonchev–Trinajstić information content (AvgIpc) is 2.28. The molecule has 0 aromatic heterocycles. The molecule has 0 saturated carbocycles. The van der Waals surface area contributed by atoms with Gasteiger partial charge in [-0.05, 0) is 19.1 Å². The third-order valence-electron chi connectivity index (χ3n) is 2.10. The van der Waals surface area contributed by atoms with Crippen molar-refractivity contribution in [2.24, 2.45) is 0 Å². The molecule has 4 nitrogen and oxygen atoms in total. The van der Waals surface area contributed by atoms with Gasteiger partial charge in [-0.3, -0.25) is 0 Å². The number of hydrogen-bond acceptors (Lipinski definition) is 3. The maximum Gasteiger partial charge on any atom is 0.335 e. The van der Waals surface area contributed by atoms with Crippen molar-refractivity contribution in [2.45, 2.75) is 6.92 Å². The molecule has 1 rings (SSSR count). The van der Waals surface area contributed by atoms with E-state index in [4.69, 9.17) is 14.6 Å². The molecule has 16 heavy (non-hydrogen) atoms. The van der Waals surface area contributed by atoms with Crippen molar-refractivity contribution < 1.29 is 19.4 Å². The zero-order chi connectivity index (χ0) is 12.1. The van der Waals surface area contributed by atoms with Gasteiger partial charge in [-0.2, -0.15) is 0 Å². The fourth-order valence-electron chi connectivity index (χ4n) is 1.42. The van der Waals surface area contributed by atoms with Gasteiger partial charge < -0.3 is 14.6 Å². The molecule has 0 aliphatic rings. The normalized spacial score (nSPS) is 10.4. The Morgan fingerprint density at radius 2 is 2.00 bits per heavy atom. The van der Waals surface area contributed by atoms with Gasteiger partial charge in [0.2, 0.25) is 0 Å². The molecule has 0 unspecified atom stereocenters. The number of aromatic carboxylic acids is 1. The van der Waals surface area contributed by atoms with Crippen LogP contribution in [0.15, 0.2) is 18.2 Å². The minimum Gasteiger partial charge on any atom is -0.493 e. The molecular formula is C12H14O4.